The van der Waals surface area contributed by atoms with Crippen LogP contribution in [0.1, 0.15) is 162 Å². The van der Waals surface area contributed by atoms with E-state index in [4.69, 9.17) is 9.47 Å². The standard InChI is InChI=1S/C35H64O7/c1-3-4-5-6-7-8-9-10-11-15-22-33-32(39)23-24-34(42-33)31(38)21-17-16-19-29(36)18-13-12-14-20-30(37)26-28-25-27(2)41-35(28)40/h25,27,29-34,36-39H,3-24,26H2,1-2H3/t27-,29+,30-,31+,32+,33+,34+/m0/s1. The van der Waals surface area contributed by atoms with Crippen LogP contribution in [0.3, 0.4) is 0 Å². The molecule has 0 radical (unpaired) electrons. The number of esters is 1. The summed E-state index contributed by atoms with van der Waals surface area (Å²) in [6.07, 6.45) is 22.2. The monoisotopic (exact) mass is 596 g/mol. The van der Waals surface area contributed by atoms with E-state index >= 15 is 0 Å². The average molecular weight is 597 g/mol. The minimum absolute atomic E-state index is 0.157. The fourth-order valence-corrected chi connectivity index (χ4v) is 6.42. The number of aliphatic hydroxyl groups is 4. The summed E-state index contributed by atoms with van der Waals surface area (Å²) in [7, 11) is 0. The minimum atomic E-state index is -0.531. The molecule has 2 aliphatic rings. The van der Waals surface area contributed by atoms with Gasteiger partial charge >= 0.3 is 5.97 Å². The Labute approximate surface area is 256 Å². The maximum atomic E-state index is 11.7. The van der Waals surface area contributed by atoms with Crippen molar-refractivity contribution in [1.82, 2.24) is 0 Å². The second kappa shape index (κ2) is 22.5. The van der Waals surface area contributed by atoms with Crippen LogP contribution < -0.4 is 0 Å². The summed E-state index contributed by atoms with van der Waals surface area (Å²) in [4.78, 5) is 11.7. The molecule has 2 heterocycles. The van der Waals surface area contributed by atoms with Crippen LogP contribution in [0.25, 0.3) is 0 Å². The SMILES string of the molecule is CCCCCCCCCCCC[C@H]1O[C@@H]([C@H](O)CCCC[C@H](O)CCCCC[C@H](O)CC2=C[C@H](C)OC2=O)CC[C@H]1O. The lowest BCUT2D eigenvalue weighted by atomic mass is 9.92. The van der Waals surface area contributed by atoms with Crippen molar-refractivity contribution in [2.75, 3.05) is 0 Å². The van der Waals surface area contributed by atoms with Crippen LogP contribution in [0.4, 0.5) is 0 Å². The van der Waals surface area contributed by atoms with Gasteiger partial charge in [-0.1, -0.05) is 103 Å². The molecule has 0 aromatic rings. The van der Waals surface area contributed by atoms with Gasteiger partial charge in [-0.3, -0.25) is 0 Å². The molecule has 0 aromatic heterocycles. The van der Waals surface area contributed by atoms with Crippen molar-refractivity contribution in [2.24, 2.45) is 0 Å². The van der Waals surface area contributed by atoms with Gasteiger partial charge in [0.1, 0.15) is 6.10 Å². The molecule has 2 rings (SSSR count). The highest BCUT2D eigenvalue weighted by molar-refractivity contribution is 5.90. The Morgan fingerprint density at radius 1 is 0.762 bits per heavy atom. The van der Waals surface area contributed by atoms with Crippen molar-refractivity contribution in [3.63, 3.8) is 0 Å². The fraction of sp³-hybridized carbons (Fsp3) is 0.914. The first-order valence-electron chi connectivity index (χ1n) is 17.6. The number of cyclic esters (lactones) is 1. The Morgan fingerprint density at radius 2 is 1.31 bits per heavy atom. The second-order valence-corrected chi connectivity index (χ2v) is 13.1. The molecule has 0 bridgehead atoms. The van der Waals surface area contributed by atoms with Crippen LogP contribution in [-0.4, -0.2) is 69.1 Å². The van der Waals surface area contributed by atoms with Crippen molar-refractivity contribution in [2.45, 2.75) is 204 Å². The van der Waals surface area contributed by atoms with Gasteiger partial charge in [0, 0.05) is 12.0 Å². The second-order valence-electron chi connectivity index (χ2n) is 13.1. The van der Waals surface area contributed by atoms with Crippen molar-refractivity contribution in [1.29, 1.82) is 0 Å². The lowest BCUT2D eigenvalue weighted by molar-refractivity contribution is -0.155. The van der Waals surface area contributed by atoms with Gasteiger partial charge in [-0.25, -0.2) is 4.79 Å². The zero-order chi connectivity index (χ0) is 30.6. The number of hydrogen-bond donors (Lipinski definition) is 4. The van der Waals surface area contributed by atoms with Crippen LogP contribution in [0, 0.1) is 0 Å². The molecule has 0 saturated carbocycles. The third-order valence-electron chi connectivity index (χ3n) is 9.11. The summed E-state index contributed by atoms with van der Waals surface area (Å²) < 4.78 is 11.2. The molecule has 2 aliphatic heterocycles. The Balaban J connectivity index is 1.45. The van der Waals surface area contributed by atoms with E-state index in [9.17, 15) is 25.2 Å². The summed E-state index contributed by atoms with van der Waals surface area (Å²) >= 11 is 0. The summed E-state index contributed by atoms with van der Waals surface area (Å²) in [6.45, 7) is 4.07. The molecule has 0 aromatic carbocycles. The van der Waals surface area contributed by atoms with E-state index in [1.165, 1.54) is 57.8 Å². The van der Waals surface area contributed by atoms with Gasteiger partial charge in [0.15, 0.2) is 0 Å². The lowest BCUT2D eigenvalue weighted by Gasteiger charge is -2.36. The maximum absolute atomic E-state index is 11.7. The third-order valence-corrected chi connectivity index (χ3v) is 9.11. The van der Waals surface area contributed by atoms with Gasteiger partial charge in [0.2, 0.25) is 0 Å². The number of ether oxygens (including phenoxy) is 2. The van der Waals surface area contributed by atoms with E-state index in [2.05, 4.69) is 6.92 Å². The summed E-state index contributed by atoms with van der Waals surface area (Å²) in [6, 6.07) is 0. The molecule has 246 valence electrons. The van der Waals surface area contributed by atoms with Crippen molar-refractivity contribution >= 4 is 5.97 Å². The van der Waals surface area contributed by atoms with Crippen LogP contribution in [0.5, 0.6) is 0 Å². The molecular formula is C35H64O7. The molecule has 1 saturated heterocycles. The van der Waals surface area contributed by atoms with E-state index in [1.807, 2.05) is 6.92 Å². The molecule has 0 spiro atoms. The molecule has 4 N–H and O–H groups in total. The van der Waals surface area contributed by atoms with Gasteiger partial charge in [0.25, 0.3) is 0 Å². The van der Waals surface area contributed by atoms with Crippen LogP contribution in [0.15, 0.2) is 11.6 Å². The number of hydrogen-bond acceptors (Lipinski definition) is 7. The molecule has 7 nitrogen and oxygen atoms in total. The maximum Gasteiger partial charge on any atom is 0.334 e. The Morgan fingerprint density at radius 3 is 1.93 bits per heavy atom. The smallest absolute Gasteiger partial charge is 0.334 e. The lowest BCUT2D eigenvalue weighted by Crippen LogP contribution is -2.43. The topological polar surface area (TPSA) is 116 Å². The Bertz CT molecular complexity index is 726. The normalized spacial score (nSPS) is 24.8. The fourth-order valence-electron chi connectivity index (χ4n) is 6.42. The number of rotatable bonds is 25. The number of carbonyl (C=O) groups excluding carboxylic acids is 1. The molecule has 0 unspecified atom stereocenters. The predicted octanol–water partition coefficient (Wildman–Crippen LogP) is 7.06. The van der Waals surface area contributed by atoms with E-state index in [-0.39, 0.29) is 30.4 Å². The van der Waals surface area contributed by atoms with Crippen molar-refractivity contribution in [3.05, 3.63) is 11.6 Å². The number of aliphatic hydroxyl groups excluding tert-OH is 4. The van der Waals surface area contributed by atoms with Crippen molar-refractivity contribution in [3.8, 4) is 0 Å². The first-order chi connectivity index (χ1) is 20.3. The Kier molecular flexibility index (Phi) is 19.9. The predicted molar refractivity (Wildman–Crippen MR) is 168 cm³/mol. The molecule has 7 atom stereocenters. The number of carbonyl (C=O) groups is 1. The average Bonchev–Trinajstić information content (AvgIpc) is 3.28. The third kappa shape index (κ3) is 16.2. The quantitative estimate of drug-likeness (QED) is 0.0658. The highest BCUT2D eigenvalue weighted by atomic mass is 16.5. The molecule has 1 fully saturated rings. The van der Waals surface area contributed by atoms with Crippen LogP contribution in [0.2, 0.25) is 0 Å². The molecule has 0 aliphatic carbocycles. The summed E-state index contributed by atoms with van der Waals surface area (Å²) in [5.41, 5.74) is 0.576. The van der Waals surface area contributed by atoms with E-state index in [0.29, 0.717) is 37.7 Å². The first-order valence-corrected chi connectivity index (χ1v) is 17.6. The summed E-state index contributed by atoms with van der Waals surface area (Å²) in [5.74, 6) is -0.314. The number of unbranched alkanes of at least 4 members (excludes halogenated alkanes) is 12. The zero-order valence-corrected chi connectivity index (χ0v) is 26.9. The van der Waals surface area contributed by atoms with Gasteiger partial charge < -0.3 is 29.9 Å². The molecule has 42 heavy (non-hydrogen) atoms. The van der Waals surface area contributed by atoms with Crippen LogP contribution >= 0.6 is 0 Å². The highest BCUT2D eigenvalue weighted by Crippen LogP contribution is 2.28. The first kappa shape index (κ1) is 37.2. The summed E-state index contributed by atoms with van der Waals surface area (Å²) in [5, 5.41) is 41.7. The highest BCUT2D eigenvalue weighted by Gasteiger charge is 2.33. The van der Waals surface area contributed by atoms with Gasteiger partial charge in [-0.15, -0.1) is 0 Å². The van der Waals surface area contributed by atoms with Gasteiger partial charge in [0.05, 0.1) is 36.6 Å². The van der Waals surface area contributed by atoms with Gasteiger partial charge in [-0.2, -0.15) is 0 Å². The Hall–Kier alpha value is -0.990. The largest absolute Gasteiger partial charge is 0.455 e. The minimum Gasteiger partial charge on any atom is -0.455 e. The van der Waals surface area contributed by atoms with Gasteiger partial charge in [-0.05, 0) is 57.9 Å². The molecular weight excluding hydrogens is 532 g/mol. The van der Waals surface area contributed by atoms with E-state index in [0.717, 1.165) is 57.8 Å². The van der Waals surface area contributed by atoms with Crippen molar-refractivity contribution < 1.29 is 34.7 Å². The van der Waals surface area contributed by atoms with E-state index in [1.54, 1.807) is 6.08 Å². The van der Waals surface area contributed by atoms with Crippen LogP contribution in [-0.2, 0) is 14.3 Å². The molecule has 7 heteroatoms. The molecule has 0 amide bonds. The van der Waals surface area contributed by atoms with E-state index < -0.39 is 18.3 Å². The zero-order valence-electron chi connectivity index (χ0n) is 26.9.